The third kappa shape index (κ3) is 4.44. The average Bonchev–Trinajstić information content (AvgIpc) is 2.48. The molecule has 6 heteroatoms. The lowest BCUT2D eigenvalue weighted by molar-refractivity contribution is 0.299. The Morgan fingerprint density at radius 2 is 2.00 bits per heavy atom. The number of aliphatic imine (C=N–C) groups is 1. The molecule has 0 saturated carbocycles. The number of phenols is 1. The SMILES string of the molecule is CN(C)[C@@H](CN=Cc1cc(Cl)ccc1O)c1c(F)cccc1Cl. The van der Waals surface area contributed by atoms with E-state index in [0.29, 0.717) is 27.7 Å². The number of nitrogens with zero attached hydrogens (tertiary/aromatic N) is 2. The average molecular weight is 355 g/mol. The van der Waals surface area contributed by atoms with Crippen molar-refractivity contribution in [2.75, 3.05) is 20.6 Å². The molecule has 23 heavy (non-hydrogen) atoms. The van der Waals surface area contributed by atoms with Gasteiger partial charge in [0.15, 0.2) is 0 Å². The van der Waals surface area contributed by atoms with Crippen molar-refractivity contribution in [1.82, 2.24) is 4.90 Å². The second-order valence-corrected chi connectivity index (χ2v) is 6.16. The molecule has 0 unspecified atom stereocenters. The molecule has 0 radical (unpaired) electrons. The van der Waals surface area contributed by atoms with Gasteiger partial charge in [-0.2, -0.15) is 0 Å². The number of aromatic hydroxyl groups is 1. The van der Waals surface area contributed by atoms with E-state index in [1.165, 1.54) is 18.3 Å². The Bertz CT molecular complexity index is 699. The van der Waals surface area contributed by atoms with E-state index in [2.05, 4.69) is 4.99 Å². The Balaban J connectivity index is 2.24. The van der Waals surface area contributed by atoms with Gasteiger partial charge in [-0.05, 0) is 44.4 Å². The van der Waals surface area contributed by atoms with Crippen LogP contribution in [0.5, 0.6) is 5.75 Å². The molecule has 0 aromatic heterocycles. The van der Waals surface area contributed by atoms with E-state index < -0.39 is 0 Å². The molecular formula is C17H17Cl2FN2O. The van der Waals surface area contributed by atoms with Gasteiger partial charge in [0.1, 0.15) is 11.6 Å². The number of rotatable bonds is 5. The molecule has 3 nitrogen and oxygen atoms in total. The Hall–Kier alpha value is -1.62. The summed E-state index contributed by atoms with van der Waals surface area (Å²) in [7, 11) is 3.67. The Labute approximate surface area is 145 Å². The summed E-state index contributed by atoms with van der Waals surface area (Å²) in [6.07, 6.45) is 1.52. The van der Waals surface area contributed by atoms with Gasteiger partial charge < -0.3 is 10.0 Å². The fraction of sp³-hybridized carbons (Fsp3) is 0.235. The summed E-state index contributed by atoms with van der Waals surface area (Å²) in [5.74, 6) is -0.277. The summed E-state index contributed by atoms with van der Waals surface area (Å²) in [5.41, 5.74) is 0.918. The summed E-state index contributed by atoms with van der Waals surface area (Å²) < 4.78 is 14.1. The zero-order chi connectivity index (χ0) is 17.0. The Kier molecular flexibility index (Phi) is 5.99. The van der Waals surface area contributed by atoms with Crippen molar-refractivity contribution < 1.29 is 9.50 Å². The van der Waals surface area contributed by atoms with Gasteiger partial charge in [0, 0.05) is 27.4 Å². The molecule has 2 aromatic carbocycles. The lowest BCUT2D eigenvalue weighted by atomic mass is 10.1. The maximum atomic E-state index is 14.1. The van der Waals surface area contributed by atoms with Crippen molar-refractivity contribution in [3.05, 3.63) is 63.4 Å². The smallest absolute Gasteiger partial charge is 0.129 e. The highest BCUT2D eigenvalue weighted by molar-refractivity contribution is 6.31. The topological polar surface area (TPSA) is 35.8 Å². The molecule has 1 atom stereocenters. The quantitative estimate of drug-likeness (QED) is 0.798. The van der Waals surface area contributed by atoms with Gasteiger partial charge in [0.25, 0.3) is 0 Å². The van der Waals surface area contributed by atoms with Gasteiger partial charge >= 0.3 is 0 Å². The predicted molar refractivity (Wildman–Crippen MR) is 93.4 cm³/mol. The Morgan fingerprint density at radius 3 is 2.65 bits per heavy atom. The maximum Gasteiger partial charge on any atom is 0.129 e. The van der Waals surface area contributed by atoms with Crippen LogP contribution < -0.4 is 0 Å². The van der Waals surface area contributed by atoms with Crippen molar-refractivity contribution in [2.45, 2.75) is 6.04 Å². The number of hydrogen-bond donors (Lipinski definition) is 1. The van der Waals surface area contributed by atoms with Gasteiger partial charge in [-0.3, -0.25) is 4.99 Å². The van der Waals surface area contributed by atoms with Crippen LogP contribution in [0.25, 0.3) is 0 Å². The van der Waals surface area contributed by atoms with E-state index in [1.807, 2.05) is 19.0 Å². The summed E-state index contributed by atoms with van der Waals surface area (Å²) in [4.78, 5) is 6.16. The monoisotopic (exact) mass is 354 g/mol. The van der Waals surface area contributed by atoms with E-state index >= 15 is 0 Å². The van der Waals surface area contributed by atoms with E-state index in [1.54, 1.807) is 24.3 Å². The predicted octanol–water partition coefficient (Wildman–Crippen LogP) is 4.56. The fourth-order valence-corrected chi connectivity index (χ4v) is 2.69. The molecule has 1 N–H and O–H groups in total. The highest BCUT2D eigenvalue weighted by Crippen LogP contribution is 2.29. The van der Waals surface area contributed by atoms with E-state index in [4.69, 9.17) is 23.2 Å². The number of hydrogen-bond acceptors (Lipinski definition) is 3. The molecule has 0 fully saturated rings. The fourth-order valence-electron chi connectivity index (χ4n) is 2.22. The molecule has 122 valence electrons. The number of phenolic OH excluding ortho intramolecular Hbond substituents is 1. The molecule has 0 bridgehead atoms. The van der Waals surface area contributed by atoms with Crippen LogP contribution in [0.4, 0.5) is 4.39 Å². The number of benzene rings is 2. The van der Waals surface area contributed by atoms with Crippen LogP contribution in [-0.2, 0) is 0 Å². The van der Waals surface area contributed by atoms with E-state index in [0.717, 1.165) is 0 Å². The van der Waals surface area contributed by atoms with Gasteiger partial charge in [-0.25, -0.2) is 4.39 Å². The van der Waals surface area contributed by atoms with Crippen LogP contribution in [0.3, 0.4) is 0 Å². The van der Waals surface area contributed by atoms with E-state index in [-0.39, 0.29) is 17.6 Å². The molecule has 0 heterocycles. The third-order valence-electron chi connectivity index (χ3n) is 3.45. The number of halogens is 3. The highest BCUT2D eigenvalue weighted by Gasteiger charge is 2.20. The molecule has 0 aliphatic carbocycles. The van der Waals surface area contributed by atoms with E-state index in [9.17, 15) is 9.50 Å². The molecule has 0 spiro atoms. The van der Waals surface area contributed by atoms with Crippen LogP contribution in [0, 0.1) is 5.82 Å². The van der Waals surface area contributed by atoms with Crippen molar-refractivity contribution in [3.8, 4) is 5.75 Å². The first-order chi connectivity index (χ1) is 10.9. The molecule has 0 aliphatic rings. The molecule has 2 rings (SSSR count). The summed E-state index contributed by atoms with van der Waals surface area (Å²) in [6, 6.07) is 8.99. The minimum Gasteiger partial charge on any atom is -0.507 e. The van der Waals surface area contributed by atoms with Crippen LogP contribution in [-0.4, -0.2) is 36.9 Å². The second kappa shape index (κ2) is 7.77. The largest absolute Gasteiger partial charge is 0.507 e. The molecule has 0 aliphatic heterocycles. The maximum absolute atomic E-state index is 14.1. The molecular weight excluding hydrogens is 338 g/mol. The van der Waals surface area contributed by atoms with Crippen LogP contribution in [0.1, 0.15) is 17.2 Å². The molecule has 0 amide bonds. The lowest BCUT2D eigenvalue weighted by Gasteiger charge is -2.24. The number of likely N-dealkylation sites (N-methyl/N-ethyl adjacent to an activating group) is 1. The van der Waals surface area contributed by atoms with Crippen molar-refractivity contribution in [2.24, 2.45) is 4.99 Å². The van der Waals surface area contributed by atoms with Crippen LogP contribution >= 0.6 is 23.2 Å². The van der Waals surface area contributed by atoms with Crippen molar-refractivity contribution >= 4 is 29.4 Å². The standard InChI is InChI=1S/C17H17Cl2FN2O/c1-22(2)15(17-13(19)4-3-5-14(17)20)10-21-9-11-8-12(18)6-7-16(11)23/h3-9,15,23H,10H2,1-2H3/t15-/m0/s1. The highest BCUT2D eigenvalue weighted by atomic mass is 35.5. The lowest BCUT2D eigenvalue weighted by Crippen LogP contribution is -2.24. The van der Waals surface area contributed by atoms with Gasteiger partial charge in [-0.15, -0.1) is 0 Å². The summed E-state index contributed by atoms with van der Waals surface area (Å²) in [5, 5.41) is 10.6. The Morgan fingerprint density at radius 1 is 1.26 bits per heavy atom. The van der Waals surface area contributed by atoms with Crippen molar-refractivity contribution in [1.29, 1.82) is 0 Å². The first kappa shape index (κ1) is 17.7. The summed E-state index contributed by atoms with van der Waals surface area (Å²) in [6.45, 7) is 0.291. The minimum absolute atomic E-state index is 0.0866. The van der Waals surface area contributed by atoms with Gasteiger partial charge in [0.2, 0.25) is 0 Å². The molecule has 2 aromatic rings. The molecule has 0 saturated heterocycles. The first-order valence-electron chi connectivity index (χ1n) is 6.99. The second-order valence-electron chi connectivity index (χ2n) is 5.31. The third-order valence-corrected chi connectivity index (χ3v) is 4.02. The first-order valence-corrected chi connectivity index (χ1v) is 7.74. The van der Waals surface area contributed by atoms with Crippen LogP contribution in [0.15, 0.2) is 41.4 Å². The van der Waals surface area contributed by atoms with Crippen LogP contribution in [0.2, 0.25) is 10.0 Å². The normalized spacial score (nSPS) is 13.0. The van der Waals surface area contributed by atoms with Gasteiger partial charge in [0.05, 0.1) is 12.6 Å². The van der Waals surface area contributed by atoms with Crippen molar-refractivity contribution in [3.63, 3.8) is 0 Å². The van der Waals surface area contributed by atoms with Gasteiger partial charge in [-0.1, -0.05) is 29.3 Å². The minimum atomic E-state index is -0.364. The summed E-state index contributed by atoms with van der Waals surface area (Å²) >= 11 is 12.0. The zero-order valence-electron chi connectivity index (χ0n) is 12.8. The zero-order valence-corrected chi connectivity index (χ0v) is 14.3.